The molecule has 3 rings (SSSR count). The van der Waals surface area contributed by atoms with Crippen molar-refractivity contribution >= 4 is 39.8 Å². The van der Waals surface area contributed by atoms with Crippen LogP contribution in [0.2, 0.25) is 0 Å². The summed E-state index contributed by atoms with van der Waals surface area (Å²) in [6, 6.07) is 9.88. The third kappa shape index (κ3) is 3.83. The van der Waals surface area contributed by atoms with Crippen LogP contribution in [0, 0.1) is 10.1 Å². The molecule has 0 aliphatic carbocycles. The fourth-order valence-electron chi connectivity index (χ4n) is 2.11. The Morgan fingerprint density at radius 3 is 2.80 bits per heavy atom. The van der Waals surface area contributed by atoms with Gasteiger partial charge in [0.25, 0.3) is 11.6 Å². The molecule has 0 spiro atoms. The van der Waals surface area contributed by atoms with Gasteiger partial charge in [0, 0.05) is 23.2 Å². The molecule has 1 aromatic carbocycles. The van der Waals surface area contributed by atoms with Crippen LogP contribution in [0.4, 0.5) is 10.8 Å². The molecule has 126 valence electrons. The van der Waals surface area contributed by atoms with E-state index in [9.17, 15) is 14.9 Å². The quantitative estimate of drug-likeness (QED) is 0.411. The SMILES string of the molecule is CSc1ccc(C(=O)Nc2nc(-c3ccccn3)cs2)cc1[N+](=O)[O-]. The van der Waals surface area contributed by atoms with Gasteiger partial charge in [-0.1, -0.05) is 6.07 Å². The zero-order valence-electron chi connectivity index (χ0n) is 13.0. The molecule has 1 N–H and O–H groups in total. The Kier molecular flexibility index (Phi) is 5.05. The summed E-state index contributed by atoms with van der Waals surface area (Å²) in [6.07, 6.45) is 3.41. The van der Waals surface area contributed by atoms with Crippen molar-refractivity contribution in [2.75, 3.05) is 11.6 Å². The molecule has 0 unspecified atom stereocenters. The summed E-state index contributed by atoms with van der Waals surface area (Å²) in [5.74, 6) is -0.447. The number of aromatic nitrogens is 2. The highest BCUT2D eigenvalue weighted by Gasteiger charge is 2.18. The monoisotopic (exact) mass is 372 g/mol. The summed E-state index contributed by atoms with van der Waals surface area (Å²) in [6.45, 7) is 0. The molecule has 0 radical (unpaired) electrons. The number of rotatable bonds is 5. The van der Waals surface area contributed by atoms with E-state index < -0.39 is 10.8 Å². The maximum atomic E-state index is 12.3. The van der Waals surface area contributed by atoms with E-state index in [0.29, 0.717) is 21.4 Å². The predicted molar refractivity (Wildman–Crippen MR) is 98.2 cm³/mol. The summed E-state index contributed by atoms with van der Waals surface area (Å²) in [5, 5.41) is 16.0. The minimum atomic E-state index is -0.495. The first kappa shape index (κ1) is 17.1. The molecule has 0 fully saturated rings. The first-order chi connectivity index (χ1) is 12.1. The number of nitrogens with one attached hydrogen (secondary N) is 1. The number of nitro groups is 1. The van der Waals surface area contributed by atoms with Crippen molar-refractivity contribution in [3.8, 4) is 11.4 Å². The number of carbonyl (C=O) groups excluding carboxylic acids is 1. The Morgan fingerprint density at radius 2 is 2.12 bits per heavy atom. The lowest BCUT2D eigenvalue weighted by atomic mass is 10.2. The van der Waals surface area contributed by atoms with E-state index in [-0.39, 0.29) is 11.3 Å². The lowest BCUT2D eigenvalue weighted by Crippen LogP contribution is -2.12. The number of hydrogen-bond donors (Lipinski definition) is 1. The summed E-state index contributed by atoms with van der Waals surface area (Å²) in [7, 11) is 0. The van der Waals surface area contributed by atoms with Crippen LogP contribution in [-0.4, -0.2) is 27.1 Å². The highest BCUT2D eigenvalue weighted by molar-refractivity contribution is 7.98. The Morgan fingerprint density at radius 1 is 1.28 bits per heavy atom. The van der Waals surface area contributed by atoms with Crippen molar-refractivity contribution in [1.82, 2.24) is 9.97 Å². The van der Waals surface area contributed by atoms with E-state index in [1.54, 1.807) is 30.0 Å². The van der Waals surface area contributed by atoms with Crippen molar-refractivity contribution in [3.63, 3.8) is 0 Å². The van der Waals surface area contributed by atoms with Crippen molar-refractivity contribution in [2.24, 2.45) is 0 Å². The van der Waals surface area contributed by atoms with Crippen LogP contribution in [0.1, 0.15) is 10.4 Å². The number of thiazole rings is 1. The first-order valence-corrected chi connectivity index (χ1v) is 9.19. The molecule has 7 nitrogen and oxygen atoms in total. The summed E-state index contributed by atoms with van der Waals surface area (Å²) >= 11 is 2.52. The maximum Gasteiger partial charge on any atom is 0.283 e. The normalized spacial score (nSPS) is 10.4. The first-order valence-electron chi connectivity index (χ1n) is 7.09. The average Bonchev–Trinajstić information content (AvgIpc) is 3.10. The standard InChI is InChI=1S/C16H12N4O3S2/c1-24-14-6-5-10(8-13(14)20(22)23)15(21)19-16-18-12(9-25-16)11-4-2-3-7-17-11/h2-9H,1H3,(H,18,19,21). The van der Waals surface area contributed by atoms with Gasteiger partial charge in [0.1, 0.15) is 5.69 Å². The number of benzene rings is 1. The van der Waals surface area contributed by atoms with Crippen LogP contribution in [0.15, 0.2) is 52.9 Å². The molecule has 0 aliphatic heterocycles. The van der Waals surface area contributed by atoms with Crippen molar-refractivity contribution in [3.05, 3.63) is 63.7 Å². The molecule has 0 atom stereocenters. The van der Waals surface area contributed by atoms with Crippen LogP contribution >= 0.6 is 23.1 Å². The Labute approximate surface area is 151 Å². The zero-order valence-corrected chi connectivity index (χ0v) is 14.6. The van der Waals surface area contributed by atoms with Gasteiger partial charge >= 0.3 is 0 Å². The summed E-state index contributed by atoms with van der Waals surface area (Å²) in [4.78, 5) is 32.0. The van der Waals surface area contributed by atoms with Crippen LogP contribution in [0.5, 0.6) is 0 Å². The van der Waals surface area contributed by atoms with Crippen LogP contribution < -0.4 is 5.32 Å². The van der Waals surface area contributed by atoms with E-state index in [0.717, 1.165) is 0 Å². The maximum absolute atomic E-state index is 12.3. The van der Waals surface area contributed by atoms with E-state index in [2.05, 4.69) is 15.3 Å². The molecule has 2 heterocycles. The van der Waals surface area contributed by atoms with Gasteiger partial charge in [-0.05, 0) is 30.5 Å². The van der Waals surface area contributed by atoms with Gasteiger partial charge in [-0.15, -0.1) is 23.1 Å². The number of nitrogens with zero attached hydrogens (tertiary/aromatic N) is 3. The van der Waals surface area contributed by atoms with E-state index >= 15 is 0 Å². The Bertz CT molecular complexity index is 928. The van der Waals surface area contributed by atoms with Crippen molar-refractivity contribution in [1.29, 1.82) is 0 Å². The fourth-order valence-corrected chi connectivity index (χ4v) is 3.35. The van der Waals surface area contributed by atoms with Gasteiger partial charge in [0.05, 0.1) is 15.5 Å². The Hall–Kier alpha value is -2.78. The molecule has 2 aromatic heterocycles. The lowest BCUT2D eigenvalue weighted by molar-refractivity contribution is -0.387. The van der Waals surface area contributed by atoms with Crippen LogP contribution in [0.25, 0.3) is 11.4 Å². The van der Waals surface area contributed by atoms with Crippen molar-refractivity contribution in [2.45, 2.75) is 4.90 Å². The minimum absolute atomic E-state index is 0.0894. The largest absolute Gasteiger partial charge is 0.298 e. The van der Waals surface area contributed by atoms with Gasteiger partial charge in [-0.3, -0.25) is 25.2 Å². The number of amides is 1. The minimum Gasteiger partial charge on any atom is -0.298 e. The second-order valence-corrected chi connectivity index (χ2v) is 6.56. The molecular weight excluding hydrogens is 360 g/mol. The molecule has 0 saturated carbocycles. The van der Waals surface area contributed by atoms with Crippen molar-refractivity contribution < 1.29 is 9.72 Å². The Balaban J connectivity index is 1.80. The van der Waals surface area contributed by atoms with Gasteiger partial charge in [0.2, 0.25) is 0 Å². The zero-order chi connectivity index (χ0) is 17.8. The second-order valence-electron chi connectivity index (χ2n) is 4.85. The molecule has 0 aliphatic rings. The second kappa shape index (κ2) is 7.41. The molecular formula is C16H12N4O3S2. The topological polar surface area (TPSA) is 98.0 Å². The summed E-state index contributed by atoms with van der Waals surface area (Å²) in [5.41, 5.74) is 1.48. The molecule has 0 saturated heterocycles. The third-order valence-corrected chi connectivity index (χ3v) is 4.83. The average molecular weight is 372 g/mol. The highest BCUT2D eigenvalue weighted by atomic mass is 32.2. The van der Waals surface area contributed by atoms with E-state index in [1.165, 1.54) is 29.2 Å². The number of hydrogen-bond acceptors (Lipinski definition) is 7. The highest BCUT2D eigenvalue weighted by Crippen LogP contribution is 2.29. The van der Waals surface area contributed by atoms with Crippen LogP contribution in [-0.2, 0) is 0 Å². The smallest absolute Gasteiger partial charge is 0.283 e. The molecule has 3 aromatic rings. The molecule has 1 amide bonds. The molecule has 9 heteroatoms. The van der Waals surface area contributed by atoms with Gasteiger partial charge < -0.3 is 0 Å². The number of carbonyl (C=O) groups is 1. The van der Waals surface area contributed by atoms with Crippen LogP contribution in [0.3, 0.4) is 0 Å². The molecule has 0 bridgehead atoms. The number of thioether (sulfide) groups is 1. The molecule has 25 heavy (non-hydrogen) atoms. The lowest BCUT2D eigenvalue weighted by Gasteiger charge is -2.04. The number of pyridine rings is 1. The van der Waals surface area contributed by atoms with Gasteiger partial charge in [-0.2, -0.15) is 0 Å². The summed E-state index contributed by atoms with van der Waals surface area (Å²) < 4.78 is 0. The van der Waals surface area contributed by atoms with E-state index in [1.807, 2.05) is 18.2 Å². The van der Waals surface area contributed by atoms with Gasteiger partial charge in [-0.25, -0.2) is 4.98 Å². The fraction of sp³-hybridized carbons (Fsp3) is 0.0625. The number of nitro benzene ring substituents is 1. The number of anilines is 1. The predicted octanol–water partition coefficient (Wildman–Crippen LogP) is 4.09. The third-order valence-electron chi connectivity index (χ3n) is 3.29. The van der Waals surface area contributed by atoms with E-state index in [4.69, 9.17) is 0 Å². The van der Waals surface area contributed by atoms with Gasteiger partial charge in [0.15, 0.2) is 5.13 Å².